The topological polar surface area (TPSA) is 99.5 Å². The van der Waals surface area contributed by atoms with Crippen molar-refractivity contribution in [3.05, 3.63) is 57.6 Å². The zero-order chi connectivity index (χ0) is 47.1. The van der Waals surface area contributed by atoms with Crippen LogP contribution in [-0.2, 0) is 53.6 Å². The Balaban J connectivity index is 2.10. The molecule has 2 N–H and O–H groups in total. The van der Waals surface area contributed by atoms with Crippen molar-refractivity contribution in [3.63, 3.8) is 0 Å². The lowest BCUT2D eigenvalue weighted by molar-refractivity contribution is -0.187. The number of aromatic hydroxyl groups is 2. The Labute approximate surface area is 371 Å². The van der Waals surface area contributed by atoms with E-state index in [1.165, 1.54) is 0 Å². The Hall–Kier alpha value is -3.10. The maximum atomic E-state index is 15.9. The van der Waals surface area contributed by atoms with Gasteiger partial charge in [0, 0.05) is 47.8 Å². The molecule has 8 heteroatoms. The van der Waals surface area contributed by atoms with Crippen molar-refractivity contribution in [2.45, 2.75) is 233 Å². The van der Waals surface area contributed by atoms with Crippen LogP contribution in [0.2, 0.25) is 0 Å². The molecule has 0 radical (unpaired) electrons. The number of piperidine rings is 2. The summed E-state index contributed by atoms with van der Waals surface area (Å²) in [6.45, 7) is 42.2. The molecule has 0 bridgehead atoms. The van der Waals surface area contributed by atoms with Gasteiger partial charge in [0.2, 0.25) is 0 Å². The number of phenols is 2. The minimum atomic E-state index is -1.84. The van der Waals surface area contributed by atoms with Crippen LogP contribution in [0, 0.1) is 5.41 Å². The highest BCUT2D eigenvalue weighted by atomic mass is 16.6. The normalized spacial score (nSPS) is 20.7. The number of nitrogens with zero attached hydrogens (tertiary/aromatic N) is 2. The first-order valence-electron chi connectivity index (χ1n) is 22.8. The highest BCUT2D eigenvalue weighted by Crippen LogP contribution is 2.47. The summed E-state index contributed by atoms with van der Waals surface area (Å²) >= 11 is 0. The molecule has 2 aromatic rings. The number of benzene rings is 2. The van der Waals surface area contributed by atoms with Crippen molar-refractivity contribution >= 4 is 11.9 Å². The molecule has 0 aromatic heterocycles. The summed E-state index contributed by atoms with van der Waals surface area (Å²) < 4.78 is 13.6. The van der Waals surface area contributed by atoms with E-state index in [0.29, 0.717) is 25.7 Å². The molecule has 2 fully saturated rings. The molecule has 0 amide bonds. The third-order valence-corrected chi connectivity index (χ3v) is 14.5. The molecule has 344 valence electrons. The number of carbonyl (C=O) groups is 2. The van der Waals surface area contributed by atoms with Gasteiger partial charge in [-0.2, -0.15) is 0 Å². The lowest BCUT2D eigenvalue weighted by Crippen LogP contribution is -2.61. The van der Waals surface area contributed by atoms with E-state index in [2.05, 4.69) is 162 Å². The van der Waals surface area contributed by atoms with Gasteiger partial charge in [-0.25, -0.2) is 0 Å². The standard InChI is InChI=1S/C53H86N2O6/c1-45(2,3)37-23-33(24-38(41(37)56)46(4,5)6)27-53(43(58)60-35-29-49(13,14)54(21)50(15,16)30-35,44(59)61-36-31-51(17,18)55(22)52(19,20)32-36)28-34-25-39(47(7,8)9)42(57)40(26-34)48(10,11)12/h23-26,35-36,56-57H,27-32H2,1-22H3. The second-order valence-electron chi connectivity index (χ2n) is 25.8. The molecule has 2 aliphatic heterocycles. The van der Waals surface area contributed by atoms with Gasteiger partial charge in [0.1, 0.15) is 23.7 Å². The number of hydrogen-bond donors (Lipinski definition) is 2. The van der Waals surface area contributed by atoms with Crippen LogP contribution < -0.4 is 0 Å². The maximum Gasteiger partial charge on any atom is 0.324 e. The molecule has 0 atom stereocenters. The average Bonchev–Trinajstić information content (AvgIpc) is 3.04. The molecule has 0 aliphatic carbocycles. The van der Waals surface area contributed by atoms with Crippen LogP contribution in [0.3, 0.4) is 0 Å². The fourth-order valence-electron chi connectivity index (χ4n) is 10.3. The van der Waals surface area contributed by atoms with E-state index in [0.717, 1.165) is 33.4 Å². The SMILES string of the molecule is CN1C(C)(C)CC(OC(=O)C(Cc2cc(C(C)(C)C)c(O)c(C(C)(C)C)c2)(Cc2cc(C(C)(C)C)c(O)c(C(C)(C)C)c2)C(=O)OC2CC(C)(C)N(C)C(C)(C)C2)CC1(C)C. The van der Waals surface area contributed by atoms with Crippen molar-refractivity contribution in [1.29, 1.82) is 0 Å². The van der Waals surface area contributed by atoms with Crippen LogP contribution in [0.1, 0.15) is 198 Å². The summed E-state index contributed by atoms with van der Waals surface area (Å²) in [6.07, 6.45) is 1.49. The Morgan fingerprint density at radius 1 is 0.508 bits per heavy atom. The first-order valence-corrected chi connectivity index (χ1v) is 22.8. The number of ether oxygens (including phenoxy) is 2. The van der Waals surface area contributed by atoms with Crippen LogP contribution in [0.4, 0.5) is 0 Å². The molecule has 61 heavy (non-hydrogen) atoms. The lowest BCUT2D eigenvalue weighted by Gasteiger charge is -2.53. The highest BCUT2D eigenvalue weighted by Gasteiger charge is 2.54. The second-order valence-corrected chi connectivity index (χ2v) is 25.8. The van der Waals surface area contributed by atoms with E-state index in [1.807, 2.05) is 24.3 Å². The minimum absolute atomic E-state index is 0.00744. The Bertz CT molecular complexity index is 1710. The summed E-state index contributed by atoms with van der Waals surface area (Å²) in [5.41, 5.74) is -0.223. The summed E-state index contributed by atoms with van der Waals surface area (Å²) in [7, 11) is 4.25. The molecular formula is C53H86N2O6. The second kappa shape index (κ2) is 16.2. The van der Waals surface area contributed by atoms with Crippen molar-refractivity contribution in [1.82, 2.24) is 9.80 Å². The van der Waals surface area contributed by atoms with Crippen LogP contribution in [-0.4, -0.2) is 80.4 Å². The zero-order valence-corrected chi connectivity index (χ0v) is 42.6. The first kappa shape index (κ1) is 50.5. The largest absolute Gasteiger partial charge is 0.507 e. The number of rotatable bonds is 8. The molecule has 2 saturated heterocycles. The molecule has 0 unspecified atom stereocenters. The third kappa shape index (κ3) is 10.6. The quantitative estimate of drug-likeness (QED) is 0.200. The first-order chi connectivity index (χ1) is 27.2. The van der Waals surface area contributed by atoms with Gasteiger partial charge < -0.3 is 19.7 Å². The monoisotopic (exact) mass is 847 g/mol. The number of esters is 2. The molecule has 0 saturated carbocycles. The molecule has 2 aliphatic rings. The number of likely N-dealkylation sites (tertiary alicyclic amines) is 2. The third-order valence-electron chi connectivity index (χ3n) is 14.5. The van der Waals surface area contributed by atoms with E-state index >= 15 is 9.59 Å². The van der Waals surface area contributed by atoms with Gasteiger partial charge in [-0.15, -0.1) is 0 Å². The Kier molecular flexibility index (Phi) is 13.4. The van der Waals surface area contributed by atoms with Gasteiger partial charge in [0.25, 0.3) is 0 Å². The summed E-state index contributed by atoms with van der Waals surface area (Å²) in [6, 6.07) is 7.89. The number of hydrogen-bond acceptors (Lipinski definition) is 8. The molecule has 2 aromatic carbocycles. The van der Waals surface area contributed by atoms with Crippen LogP contribution in [0.5, 0.6) is 11.5 Å². The molecule has 4 rings (SSSR count). The summed E-state index contributed by atoms with van der Waals surface area (Å²) in [5.74, 6) is -0.741. The molecular weight excluding hydrogens is 761 g/mol. The summed E-state index contributed by atoms with van der Waals surface area (Å²) in [4.78, 5) is 36.4. The number of carbonyl (C=O) groups excluding carboxylic acids is 2. The van der Waals surface area contributed by atoms with Gasteiger partial charge in [-0.3, -0.25) is 19.4 Å². The van der Waals surface area contributed by atoms with E-state index in [1.54, 1.807) is 0 Å². The van der Waals surface area contributed by atoms with E-state index in [9.17, 15) is 10.2 Å². The lowest BCUT2D eigenvalue weighted by atomic mass is 9.71. The van der Waals surface area contributed by atoms with Crippen LogP contribution in [0.15, 0.2) is 24.3 Å². The van der Waals surface area contributed by atoms with Crippen molar-refractivity contribution in [3.8, 4) is 11.5 Å². The predicted molar refractivity (Wildman–Crippen MR) is 251 cm³/mol. The van der Waals surface area contributed by atoms with Crippen molar-refractivity contribution in [2.75, 3.05) is 14.1 Å². The van der Waals surface area contributed by atoms with E-state index in [-0.39, 0.29) is 46.5 Å². The molecule has 2 heterocycles. The van der Waals surface area contributed by atoms with Gasteiger partial charge in [-0.1, -0.05) is 107 Å². The minimum Gasteiger partial charge on any atom is -0.507 e. The smallest absolute Gasteiger partial charge is 0.324 e. The van der Waals surface area contributed by atoms with Crippen LogP contribution in [0.25, 0.3) is 0 Å². The van der Waals surface area contributed by atoms with E-state index in [4.69, 9.17) is 9.47 Å². The maximum absolute atomic E-state index is 15.9. The zero-order valence-electron chi connectivity index (χ0n) is 42.6. The van der Waals surface area contributed by atoms with Crippen molar-refractivity contribution in [2.24, 2.45) is 5.41 Å². The van der Waals surface area contributed by atoms with E-state index < -0.39 is 51.2 Å². The van der Waals surface area contributed by atoms with Gasteiger partial charge in [-0.05, 0) is 137 Å². The summed E-state index contributed by atoms with van der Waals surface area (Å²) in [5, 5.41) is 23.7. The number of phenolic OH excluding ortho intramolecular Hbond substituents is 2. The fourth-order valence-corrected chi connectivity index (χ4v) is 10.3. The Morgan fingerprint density at radius 3 is 0.918 bits per heavy atom. The molecule has 0 spiro atoms. The van der Waals surface area contributed by atoms with Crippen molar-refractivity contribution < 1.29 is 29.3 Å². The van der Waals surface area contributed by atoms with Crippen LogP contribution >= 0.6 is 0 Å². The molecule has 8 nitrogen and oxygen atoms in total. The average molecular weight is 847 g/mol. The van der Waals surface area contributed by atoms with Gasteiger partial charge in [0.15, 0.2) is 5.41 Å². The highest BCUT2D eigenvalue weighted by molar-refractivity contribution is 6.01. The van der Waals surface area contributed by atoms with Gasteiger partial charge in [0.05, 0.1) is 0 Å². The van der Waals surface area contributed by atoms with Gasteiger partial charge >= 0.3 is 11.9 Å². The predicted octanol–water partition coefficient (Wildman–Crippen LogP) is 11.4. The fraction of sp³-hybridized carbons (Fsp3) is 0.736. The Morgan fingerprint density at radius 2 is 0.721 bits per heavy atom.